The van der Waals surface area contributed by atoms with Gasteiger partial charge in [-0.05, 0) is 46.1 Å². The Morgan fingerprint density at radius 2 is 1.47 bits per heavy atom. The molecule has 9 nitrogen and oxygen atoms in total. The SMILES string of the molecule is CC1(C)O[C@@H]2[C@H](O1)[C@H]1OC(C)(C)O[C@H]1O[C@@H]2[C@H]1CC(=O)N(Cc2ccccc2)C(=O)N1C1CC1. The zero-order chi connectivity index (χ0) is 23.8. The zero-order valence-corrected chi connectivity index (χ0v) is 20.0. The fourth-order valence-corrected chi connectivity index (χ4v) is 5.70. The molecular formula is C25H32N2O7. The molecule has 184 valence electrons. The summed E-state index contributed by atoms with van der Waals surface area (Å²) in [6.07, 6.45) is -0.595. The third-order valence-corrected chi connectivity index (χ3v) is 7.19. The summed E-state index contributed by atoms with van der Waals surface area (Å²) in [6.45, 7) is 7.65. The molecule has 0 N–H and O–H groups in total. The first-order chi connectivity index (χ1) is 16.1. The minimum Gasteiger partial charge on any atom is -0.342 e. The Morgan fingerprint density at radius 3 is 2.15 bits per heavy atom. The van der Waals surface area contributed by atoms with Gasteiger partial charge in [0, 0.05) is 6.04 Å². The fraction of sp³-hybridized carbons (Fsp3) is 0.680. The Bertz CT molecular complexity index is 979. The molecule has 5 fully saturated rings. The molecule has 9 heteroatoms. The van der Waals surface area contributed by atoms with Crippen molar-refractivity contribution in [2.45, 2.75) is 108 Å². The van der Waals surface area contributed by atoms with Crippen LogP contribution in [0.2, 0.25) is 0 Å². The summed E-state index contributed by atoms with van der Waals surface area (Å²) in [4.78, 5) is 30.2. The highest BCUT2D eigenvalue weighted by Crippen LogP contribution is 2.47. The summed E-state index contributed by atoms with van der Waals surface area (Å²) < 4.78 is 31.1. The van der Waals surface area contributed by atoms with Crippen LogP contribution < -0.4 is 0 Å². The van der Waals surface area contributed by atoms with E-state index in [1.807, 2.05) is 62.9 Å². The molecule has 1 saturated carbocycles. The van der Waals surface area contributed by atoms with Gasteiger partial charge in [-0.3, -0.25) is 9.69 Å². The second kappa shape index (κ2) is 7.73. The predicted molar refractivity (Wildman–Crippen MR) is 118 cm³/mol. The lowest BCUT2D eigenvalue weighted by atomic mass is 9.90. The molecule has 0 aromatic heterocycles. The predicted octanol–water partition coefficient (Wildman–Crippen LogP) is 2.77. The fourth-order valence-electron chi connectivity index (χ4n) is 5.70. The number of fused-ring (bicyclic) bond motifs is 3. The number of carbonyl (C=O) groups excluding carboxylic acids is 2. The highest BCUT2D eigenvalue weighted by atomic mass is 16.9. The van der Waals surface area contributed by atoms with E-state index in [9.17, 15) is 9.59 Å². The number of ether oxygens (including phenoxy) is 5. The topological polar surface area (TPSA) is 86.8 Å². The molecule has 4 saturated heterocycles. The zero-order valence-electron chi connectivity index (χ0n) is 20.0. The first-order valence-corrected chi connectivity index (χ1v) is 12.2. The van der Waals surface area contributed by atoms with Gasteiger partial charge in [0.1, 0.15) is 24.4 Å². The van der Waals surface area contributed by atoms with Crippen LogP contribution in [0.15, 0.2) is 30.3 Å². The Kier molecular flexibility index (Phi) is 5.10. The number of imide groups is 1. The molecule has 1 aliphatic carbocycles. The van der Waals surface area contributed by atoms with Gasteiger partial charge < -0.3 is 28.6 Å². The summed E-state index contributed by atoms with van der Waals surface area (Å²) >= 11 is 0. The minimum absolute atomic E-state index is 0.0937. The van der Waals surface area contributed by atoms with Crippen LogP contribution >= 0.6 is 0 Å². The summed E-state index contributed by atoms with van der Waals surface area (Å²) in [7, 11) is 0. The van der Waals surface area contributed by atoms with Gasteiger partial charge in [-0.1, -0.05) is 30.3 Å². The number of hydrogen-bond donors (Lipinski definition) is 0. The van der Waals surface area contributed by atoms with E-state index in [0.29, 0.717) is 0 Å². The van der Waals surface area contributed by atoms with E-state index in [1.165, 1.54) is 4.90 Å². The van der Waals surface area contributed by atoms with Crippen LogP contribution in [0.4, 0.5) is 4.79 Å². The number of nitrogens with zero attached hydrogens (tertiary/aromatic N) is 2. The molecule has 6 atom stereocenters. The number of amides is 3. The maximum Gasteiger partial charge on any atom is 0.327 e. The number of benzene rings is 1. The molecule has 3 amide bonds. The molecule has 1 aromatic rings. The second-order valence-electron chi connectivity index (χ2n) is 10.8. The standard InChI is InChI=1S/C25H32N2O7/c1-24(2)31-19-18(30-22-21(20(19)32-24)33-25(3,4)34-22)16-12-17(28)26(13-14-8-6-5-7-9-14)23(29)27(16)15-10-11-15/h5-9,15-16,18-22H,10-13H2,1-4H3/t16-,18-,19+,20+,21-,22-/m1/s1. The number of hydrogen-bond acceptors (Lipinski definition) is 7. The van der Waals surface area contributed by atoms with Crippen LogP contribution in [0.1, 0.15) is 52.5 Å². The molecule has 4 heterocycles. The maximum absolute atomic E-state index is 13.7. The van der Waals surface area contributed by atoms with Crippen LogP contribution in [0.25, 0.3) is 0 Å². The average molecular weight is 473 g/mol. The Hall–Kier alpha value is -2.04. The van der Waals surface area contributed by atoms with E-state index >= 15 is 0 Å². The quantitative estimate of drug-likeness (QED) is 0.666. The second-order valence-corrected chi connectivity index (χ2v) is 10.8. The van der Waals surface area contributed by atoms with E-state index in [0.717, 1.165) is 18.4 Å². The van der Waals surface area contributed by atoms with E-state index in [-0.39, 0.29) is 30.9 Å². The lowest BCUT2D eigenvalue weighted by Gasteiger charge is -2.47. The van der Waals surface area contributed by atoms with E-state index in [2.05, 4.69) is 0 Å². The Morgan fingerprint density at radius 1 is 0.853 bits per heavy atom. The smallest absolute Gasteiger partial charge is 0.327 e. The highest BCUT2D eigenvalue weighted by molar-refractivity contribution is 5.97. The molecule has 34 heavy (non-hydrogen) atoms. The van der Waals surface area contributed by atoms with Crippen molar-refractivity contribution in [3.05, 3.63) is 35.9 Å². The molecule has 0 radical (unpaired) electrons. The monoisotopic (exact) mass is 472 g/mol. The highest BCUT2D eigenvalue weighted by Gasteiger charge is 2.64. The van der Waals surface area contributed by atoms with Crippen molar-refractivity contribution in [2.24, 2.45) is 0 Å². The Labute approximate surface area is 199 Å². The van der Waals surface area contributed by atoms with Gasteiger partial charge in [0.05, 0.1) is 19.0 Å². The molecule has 0 spiro atoms. The van der Waals surface area contributed by atoms with Crippen molar-refractivity contribution >= 4 is 11.9 Å². The van der Waals surface area contributed by atoms with Gasteiger partial charge >= 0.3 is 6.03 Å². The molecule has 4 aliphatic heterocycles. The average Bonchev–Trinajstić information content (AvgIpc) is 3.47. The number of carbonyl (C=O) groups is 2. The minimum atomic E-state index is -0.839. The van der Waals surface area contributed by atoms with Crippen molar-refractivity contribution in [3.8, 4) is 0 Å². The van der Waals surface area contributed by atoms with Gasteiger partial charge in [0.2, 0.25) is 5.91 Å². The van der Waals surface area contributed by atoms with Gasteiger partial charge in [0.25, 0.3) is 0 Å². The van der Waals surface area contributed by atoms with Crippen molar-refractivity contribution in [3.63, 3.8) is 0 Å². The summed E-state index contributed by atoms with van der Waals surface area (Å²) in [5.74, 6) is -1.87. The largest absolute Gasteiger partial charge is 0.342 e. The molecule has 0 unspecified atom stereocenters. The number of rotatable bonds is 4. The number of urea groups is 1. The summed E-state index contributed by atoms with van der Waals surface area (Å²) in [5.41, 5.74) is 0.920. The maximum atomic E-state index is 13.7. The van der Waals surface area contributed by atoms with Crippen LogP contribution in [-0.2, 0) is 35.0 Å². The van der Waals surface area contributed by atoms with Crippen molar-refractivity contribution in [2.75, 3.05) is 0 Å². The van der Waals surface area contributed by atoms with Crippen molar-refractivity contribution in [1.82, 2.24) is 9.80 Å². The normalized spacial score (nSPS) is 38.7. The first kappa shape index (κ1) is 22.4. The lowest BCUT2D eigenvalue weighted by Crippen LogP contribution is -2.67. The van der Waals surface area contributed by atoms with Crippen LogP contribution in [-0.4, -0.2) is 76.1 Å². The van der Waals surface area contributed by atoms with Gasteiger partial charge in [0.15, 0.2) is 17.9 Å². The Balaban J connectivity index is 1.30. The van der Waals surface area contributed by atoms with E-state index in [4.69, 9.17) is 23.7 Å². The van der Waals surface area contributed by atoms with Gasteiger partial charge in [-0.25, -0.2) is 4.79 Å². The lowest BCUT2D eigenvalue weighted by molar-refractivity contribution is -0.246. The third-order valence-electron chi connectivity index (χ3n) is 7.19. The summed E-state index contributed by atoms with van der Waals surface area (Å²) in [5, 5.41) is 0. The van der Waals surface area contributed by atoms with Crippen molar-refractivity contribution in [1.29, 1.82) is 0 Å². The molecule has 0 bridgehead atoms. The van der Waals surface area contributed by atoms with E-state index in [1.54, 1.807) is 0 Å². The van der Waals surface area contributed by atoms with Gasteiger partial charge in [-0.15, -0.1) is 0 Å². The molecule has 6 rings (SSSR count). The molecular weight excluding hydrogens is 440 g/mol. The van der Waals surface area contributed by atoms with Crippen molar-refractivity contribution < 1.29 is 33.3 Å². The van der Waals surface area contributed by atoms with E-state index < -0.39 is 48.3 Å². The molecule has 5 aliphatic rings. The van der Waals surface area contributed by atoms with Crippen LogP contribution in [0, 0.1) is 0 Å². The molecule has 1 aromatic carbocycles. The van der Waals surface area contributed by atoms with Crippen LogP contribution in [0.5, 0.6) is 0 Å². The van der Waals surface area contributed by atoms with Gasteiger partial charge in [-0.2, -0.15) is 0 Å². The first-order valence-electron chi connectivity index (χ1n) is 12.2. The third kappa shape index (κ3) is 3.83. The summed E-state index contributed by atoms with van der Waals surface area (Å²) in [6, 6.07) is 8.95. The van der Waals surface area contributed by atoms with Crippen LogP contribution in [0.3, 0.4) is 0 Å².